The molecule has 4 bridgehead atoms. The van der Waals surface area contributed by atoms with Crippen LogP contribution in [-0.2, 0) is 19.1 Å². The van der Waals surface area contributed by atoms with Gasteiger partial charge in [-0.3, -0.25) is 4.79 Å². The van der Waals surface area contributed by atoms with Crippen molar-refractivity contribution in [1.82, 2.24) is 0 Å². The van der Waals surface area contributed by atoms with Gasteiger partial charge < -0.3 is 14.6 Å². The number of hydrogen-bond acceptors (Lipinski definition) is 5. The summed E-state index contributed by atoms with van der Waals surface area (Å²) in [4.78, 5) is 25.7. The average molecular weight is 409 g/mol. The molecule has 0 spiro atoms. The molecule has 3 unspecified atom stereocenters. The Hall–Kier alpha value is -1.10. The lowest BCUT2D eigenvalue weighted by Gasteiger charge is -2.59. The minimum atomic E-state index is -0.707. The van der Waals surface area contributed by atoms with Crippen LogP contribution in [0.15, 0.2) is 0 Å². The first-order valence-electron chi connectivity index (χ1n) is 11.2. The maximum Gasteiger partial charge on any atom is 0.344 e. The first-order chi connectivity index (χ1) is 13.0. The van der Waals surface area contributed by atoms with Gasteiger partial charge in [0.2, 0.25) is 0 Å². The van der Waals surface area contributed by atoms with Gasteiger partial charge in [0, 0.05) is 6.42 Å². The SMILES string of the molecule is CC(C)(C)CC(C)(C(=O)OCC(=O)OC12CC3CC(CC(O)(C3)C1)C2)C(C)(C)C. The molecule has 0 aromatic rings. The maximum atomic E-state index is 13.0. The van der Waals surface area contributed by atoms with Crippen molar-refractivity contribution in [3.63, 3.8) is 0 Å². The van der Waals surface area contributed by atoms with Gasteiger partial charge in [0.15, 0.2) is 6.61 Å². The Morgan fingerprint density at radius 1 is 0.966 bits per heavy atom. The highest BCUT2D eigenvalue weighted by molar-refractivity contribution is 5.81. The zero-order valence-electron chi connectivity index (χ0n) is 19.4. The monoisotopic (exact) mass is 408 g/mol. The van der Waals surface area contributed by atoms with Crippen LogP contribution in [0, 0.1) is 28.1 Å². The number of rotatable bonds is 5. The number of aliphatic hydroxyl groups is 1. The van der Waals surface area contributed by atoms with E-state index < -0.39 is 22.6 Å². The molecule has 0 heterocycles. The third kappa shape index (κ3) is 4.65. The molecule has 5 heteroatoms. The summed E-state index contributed by atoms with van der Waals surface area (Å²) in [6.07, 6.45) is 5.63. The fourth-order valence-corrected chi connectivity index (χ4v) is 6.51. The molecule has 4 aliphatic carbocycles. The molecule has 166 valence electrons. The third-order valence-electron chi connectivity index (χ3n) is 7.62. The van der Waals surface area contributed by atoms with Gasteiger partial charge in [-0.25, -0.2) is 4.79 Å². The van der Waals surface area contributed by atoms with Crippen molar-refractivity contribution in [2.75, 3.05) is 6.61 Å². The fourth-order valence-electron chi connectivity index (χ4n) is 6.51. The Balaban J connectivity index is 1.62. The third-order valence-corrected chi connectivity index (χ3v) is 7.62. The lowest BCUT2D eigenvalue weighted by molar-refractivity contribution is -0.223. The van der Waals surface area contributed by atoms with Crippen molar-refractivity contribution < 1.29 is 24.2 Å². The van der Waals surface area contributed by atoms with Crippen molar-refractivity contribution in [2.24, 2.45) is 28.1 Å². The number of esters is 2. The first kappa shape index (κ1) is 22.6. The molecule has 5 nitrogen and oxygen atoms in total. The Morgan fingerprint density at radius 2 is 1.52 bits per heavy atom. The van der Waals surface area contributed by atoms with Gasteiger partial charge in [0.05, 0.1) is 11.0 Å². The van der Waals surface area contributed by atoms with E-state index in [0.717, 1.165) is 32.1 Å². The predicted molar refractivity (Wildman–Crippen MR) is 111 cm³/mol. The molecule has 4 aliphatic rings. The van der Waals surface area contributed by atoms with Gasteiger partial charge in [-0.05, 0) is 68.1 Å². The van der Waals surface area contributed by atoms with Gasteiger partial charge in [0.1, 0.15) is 5.60 Å². The van der Waals surface area contributed by atoms with Crippen molar-refractivity contribution in [1.29, 1.82) is 0 Å². The molecule has 0 aliphatic heterocycles. The van der Waals surface area contributed by atoms with Gasteiger partial charge in [0.25, 0.3) is 0 Å². The van der Waals surface area contributed by atoms with E-state index in [1.54, 1.807) is 0 Å². The van der Waals surface area contributed by atoms with Crippen LogP contribution in [-0.4, -0.2) is 34.9 Å². The number of carbonyl (C=O) groups is 2. The highest BCUT2D eigenvalue weighted by Gasteiger charge is 2.59. The molecule has 0 aromatic carbocycles. The molecule has 0 amide bonds. The lowest BCUT2D eigenvalue weighted by Crippen LogP contribution is -2.60. The van der Waals surface area contributed by atoms with E-state index in [2.05, 4.69) is 20.8 Å². The van der Waals surface area contributed by atoms with Gasteiger partial charge in [-0.2, -0.15) is 0 Å². The van der Waals surface area contributed by atoms with E-state index >= 15 is 0 Å². The van der Waals surface area contributed by atoms with Crippen molar-refractivity contribution >= 4 is 11.9 Å². The first-order valence-corrected chi connectivity index (χ1v) is 11.2. The van der Waals surface area contributed by atoms with E-state index in [4.69, 9.17) is 9.47 Å². The van der Waals surface area contributed by atoms with Crippen molar-refractivity contribution in [2.45, 2.75) is 105 Å². The smallest absolute Gasteiger partial charge is 0.344 e. The Kier molecular flexibility index (Phi) is 5.42. The number of hydrogen-bond donors (Lipinski definition) is 1. The zero-order valence-corrected chi connectivity index (χ0v) is 19.4. The Morgan fingerprint density at radius 3 is 1.97 bits per heavy atom. The fraction of sp³-hybridized carbons (Fsp3) is 0.917. The summed E-state index contributed by atoms with van der Waals surface area (Å²) in [5.41, 5.74) is -2.30. The van der Waals surface area contributed by atoms with Crippen LogP contribution in [0.1, 0.15) is 93.4 Å². The second kappa shape index (κ2) is 6.96. The van der Waals surface area contributed by atoms with Crippen LogP contribution in [0.3, 0.4) is 0 Å². The van der Waals surface area contributed by atoms with Gasteiger partial charge in [-0.1, -0.05) is 41.5 Å². The molecule has 0 saturated heterocycles. The van der Waals surface area contributed by atoms with Crippen molar-refractivity contribution in [3.8, 4) is 0 Å². The molecular formula is C24H40O5. The van der Waals surface area contributed by atoms with Crippen LogP contribution in [0.4, 0.5) is 0 Å². The van der Waals surface area contributed by atoms with Gasteiger partial charge >= 0.3 is 11.9 Å². The van der Waals surface area contributed by atoms with E-state index in [-0.39, 0.29) is 23.4 Å². The summed E-state index contributed by atoms with van der Waals surface area (Å²) in [7, 11) is 0. The van der Waals surface area contributed by atoms with E-state index in [1.807, 2.05) is 27.7 Å². The molecular weight excluding hydrogens is 368 g/mol. The lowest BCUT2D eigenvalue weighted by atomic mass is 9.52. The second-order valence-electron chi connectivity index (χ2n) is 12.7. The topological polar surface area (TPSA) is 72.8 Å². The molecule has 0 aromatic heterocycles. The maximum absolute atomic E-state index is 13.0. The van der Waals surface area contributed by atoms with Crippen LogP contribution < -0.4 is 0 Å². The molecule has 1 N–H and O–H groups in total. The largest absolute Gasteiger partial charge is 0.456 e. The van der Waals surface area contributed by atoms with E-state index in [1.165, 1.54) is 0 Å². The van der Waals surface area contributed by atoms with Crippen LogP contribution in [0.25, 0.3) is 0 Å². The zero-order chi connectivity index (χ0) is 21.9. The summed E-state index contributed by atoms with van der Waals surface area (Å²) in [5.74, 6) is 0.0390. The Bertz CT molecular complexity index is 654. The van der Waals surface area contributed by atoms with Crippen LogP contribution >= 0.6 is 0 Å². The quantitative estimate of drug-likeness (QED) is 0.671. The molecule has 4 rings (SSSR count). The highest BCUT2D eigenvalue weighted by atomic mass is 16.6. The Labute approximate surface area is 175 Å². The highest BCUT2D eigenvalue weighted by Crippen LogP contribution is 2.58. The van der Waals surface area contributed by atoms with Gasteiger partial charge in [-0.15, -0.1) is 0 Å². The van der Waals surface area contributed by atoms with Crippen LogP contribution in [0.2, 0.25) is 0 Å². The van der Waals surface area contributed by atoms with E-state index in [0.29, 0.717) is 24.7 Å². The summed E-state index contributed by atoms with van der Waals surface area (Å²) in [6, 6.07) is 0. The molecule has 4 fully saturated rings. The number of ether oxygens (including phenoxy) is 2. The van der Waals surface area contributed by atoms with Crippen LogP contribution in [0.5, 0.6) is 0 Å². The summed E-state index contributed by atoms with van der Waals surface area (Å²) >= 11 is 0. The standard InChI is InChI=1S/C24H40O5/c1-20(2,3)14-22(7,21(4,5)6)19(26)28-13-18(25)29-24-11-16-8-17(12-24)10-23(27,9-16)15-24/h16-17,27H,8-15H2,1-7H3. The number of carbonyl (C=O) groups excluding carboxylic acids is 2. The minimum Gasteiger partial charge on any atom is -0.456 e. The van der Waals surface area contributed by atoms with E-state index in [9.17, 15) is 14.7 Å². The molecule has 4 saturated carbocycles. The molecule has 29 heavy (non-hydrogen) atoms. The predicted octanol–water partition coefficient (Wildman–Crippen LogP) is 4.65. The van der Waals surface area contributed by atoms with Crippen molar-refractivity contribution in [3.05, 3.63) is 0 Å². The summed E-state index contributed by atoms with van der Waals surface area (Å²) in [6.45, 7) is 14.0. The summed E-state index contributed by atoms with van der Waals surface area (Å²) < 4.78 is 11.4. The summed E-state index contributed by atoms with van der Waals surface area (Å²) in [5, 5.41) is 10.8. The minimum absolute atomic E-state index is 0.0454. The average Bonchev–Trinajstić information content (AvgIpc) is 2.46. The molecule has 0 radical (unpaired) electrons. The second-order valence-corrected chi connectivity index (χ2v) is 12.7. The molecule has 3 atom stereocenters. The normalized spacial score (nSPS) is 35.9.